The van der Waals surface area contributed by atoms with Crippen molar-refractivity contribution in [2.24, 2.45) is 11.8 Å². The lowest BCUT2D eigenvalue weighted by Crippen LogP contribution is -2.29. The van der Waals surface area contributed by atoms with Gasteiger partial charge in [0.25, 0.3) is 0 Å². The van der Waals surface area contributed by atoms with E-state index in [2.05, 4.69) is 10.6 Å². The molecule has 2 amide bonds. The molecule has 2 aliphatic rings. The van der Waals surface area contributed by atoms with E-state index in [4.69, 9.17) is 11.6 Å². The van der Waals surface area contributed by atoms with Gasteiger partial charge in [0, 0.05) is 16.8 Å². The third-order valence-corrected chi connectivity index (χ3v) is 3.71. The van der Waals surface area contributed by atoms with E-state index in [-0.39, 0.29) is 23.7 Å². The van der Waals surface area contributed by atoms with Crippen LogP contribution in [0.3, 0.4) is 0 Å². The van der Waals surface area contributed by atoms with Gasteiger partial charge >= 0.3 is 0 Å². The zero-order chi connectivity index (χ0) is 13.4. The molecule has 2 atom stereocenters. The van der Waals surface area contributed by atoms with E-state index in [0.717, 1.165) is 12.8 Å². The van der Waals surface area contributed by atoms with Crippen LogP contribution in [0, 0.1) is 11.8 Å². The smallest absolute Gasteiger partial charge is 0.228 e. The van der Waals surface area contributed by atoms with Crippen molar-refractivity contribution < 1.29 is 9.59 Å². The number of rotatable bonds is 4. The van der Waals surface area contributed by atoms with Crippen LogP contribution in [0.25, 0.3) is 0 Å². The molecular formula is C14H15ClN2O2. The van der Waals surface area contributed by atoms with Crippen molar-refractivity contribution >= 4 is 29.1 Å². The highest BCUT2D eigenvalue weighted by Gasteiger charge is 2.48. The van der Waals surface area contributed by atoms with Crippen molar-refractivity contribution in [3.05, 3.63) is 29.3 Å². The number of anilines is 1. The summed E-state index contributed by atoms with van der Waals surface area (Å²) >= 11 is 5.85. The lowest BCUT2D eigenvalue weighted by molar-refractivity contribution is -0.125. The SMILES string of the molecule is O=C(Nc1cccc(Cl)c1)C1CC1C(=O)NC1CC1. The fourth-order valence-corrected chi connectivity index (χ4v) is 2.30. The van der Waals surface area contributed by atoms with Gasteiger partial charge in [-0.2, -0.15) is 0 Å². The highest BCUT2D eigenvalue weighted by atomic mass is 35.5. The molecule has 0 radical (unpaired) electrons. The molecule has 2 aliphatic carbocycles. The minimum absolute atomic E-state index is 0.0220. The van der Waals surface area contributed by atoms with Crippen LogP contribution < -0.4 is 10.6 Å². The topological polar surface area (TPSA) is 58.2 Å². The molecule has 2 fully saturated rings. The van der Waals surface area contributed by atoms with Crippen LogP contribution >= 0.6 is 11.6 Å². The summed E-state index contributed by atoms with van der Waals surface area (Å²) in [5, 5.41) is 6.31. The van der Waals surface area contributed by atoms with E-state index in [0.29, 0.717) is 23.2 Å². The summed E-state index contributed by atoms with van der Waals surface area (Å²) in [4.78, 5) is 23.7. The van der Waals surface area contributed by atoms with Gasteiger partial charge in [0.15, 0.2) is 0 Å². The van der Waals surface area contributed by atoms with E-state index in [1.807, 2.05) is 0 Å². The summed E-state index contributed by atoms with van der Waals surface area (Å²) in [6.45, 7) is 0. The first kappa shape index (κ1) is 12.5. The number of halogens is 1. The summed E-state index contributed by atoms with van der Waals surface area (Å²) in [5.41, 5.74) is 0.672. The second-order valence-corrected chi connectivity index (χ2v) is 5.67. The Morgan fingerprint density at radius 1 is 1.16 bits per heavy atom. The molecule has 2 saturated carbocycles. The van der Waals surface area contributed by atoms with E-state index in [1.54, 1.807) is 24.3 Å². The fraction of sp³-hybridized carbons (Fsp3) is 0.429. The normalized spacial score (nSPS) is 24.7. The molecule has 2 unspecified atom stereocenters. The molecular weight excluding hydrogens is 264 g/mol. The summed E-state index contributed by atoms with van der Waals surface area (Å²) in [5.74, 6) is -0.426. The second-order valence-electron chi connectivity index (χ2n) is 5.23. The third kappa shape index (κ3) is 3.07. The van der Waals surface area contributed by atoms with Crippen LogP contribution in [0.5, 0.6) is 0 Å². The van der Waals surface area contributed by atoms with Crippen LogP contribution in [-0.4, -0.2) is 17.9 Å². The first-order valence-corrected chi connectivity index (χ1v) is 6.88. The van der Waals surface area contributed by atoms with Gasteiger partial charge in [0.1, 0.15) is 0 Å². The van der Waals surface area contributed by atoms with Crippen LogP contribution in [0.1, 0.15) is 19.3 Å². The van der Waals surface area contributed by atoms with Crippen LogP contribution in [0.15, 0.2) is 24.3 Å². The molecule has 5 heteroatoms. The predicted molar refractivity (Wildman–Crippen MR) is 72.8 cm³/mol. The number of benzene rings is 1. The van der Waals surface area contributed by atoms with Gasteiger partial charge in [-0.25, -0.2) is 0 Å². The molecule has 0 aliphatic heterocycles. The largest absolute Gasteiger partial charge is 0.353 e. The van der Waals surface area contributed by atoms with Crippen LogP contribution in [-0.2, 0) is 9.59 Å². The minimum Gasteiger partial charge on any atom is -0.353 e. The molecule has 0 aromatic heterocycles. The molecule has 1 aromatic carbocycles. The van der Waals surface area contributed by atoms with Gasteiger partial charge in [-0.15, -0.1) is 0 Å². The molecule has 19 heavy (non-hydrogen) atoms. The minimum atomic E-state index is -0.197. The fourth-order valence-electron chi connectivity index (χ4n) is 2.11. The van der Waals surface area contributed by atoms with E-state index < -0.39 is 0 Å². The lowest BCUT2D eigenvalue weighted by atomic mass is 10.2. The van der Waals surface area contributed by atoms with Gasteiger partial charge in [0.05, 0.1) is 11.8 Å². The van der Waals surface area contributed by atoms with Gasteiger partial charge in [0.2, 0.25) is 11.8 Å². The summed E-state index contributed by atoms with van der Waals surface area (Å²) in [6, 6.07) is 7.36. The summed E-state index contributed by atoms with van der Waals surface area (Å²) < 4.78 is 0. The van der Waals surface area contributed by atoms with Crippen molar-refractivity contribution in [1.29, 1.82) is 0 Å². The number of carbonyl (C=O) groups excluding carboxylic acids is 2. The first-order chi connectivity index (χ1) is 9.13. The molecule has 4 nitrogen and oxygen atoms in total. The Morgan fingerprint density at radius 2 is 1.89 bits per heavy atom. The monoisotopic (exact) mass is 278 g/mol. The number of amides is 2. The molecule has 0 saturated heterocycles. The maximum atomic E-state index is 12.0. The van der Waals surface area contributed by atoms with Gasteiger partial charge in [-0.1, -0.05) is 17.7 Å². The number of nitrogens with one attached hydrogen (secondary N) is 2. The average molecular weight is 279 g/mol. The number of hydrogen-bond donors (Lipinski definition) is 2. The Balaban J connectivity index is 1.53. The van der Waals surface area contributed by atoms with Crippen molar-refractivity contribution in [2.45, 2.75) is 25.3 Å². The quantitative estimate of drug-likeness (QED) is 0.887. The van der Waals surface area contributed by atoms with Gasteiger partial charge in [-0.05, 0) is 37.5 Å². The summed E-state index contributed by atoms with van der Waals surface area (Å²) in [7, 11) is 0. The average Bonchev–Trinajstić information content (AvgIpc) is 3.23. The van der Waals surface area contributed by atoms with Crippen molar-refractivity contribution in [3.63, 3.8) is 0 Å². The number of hydrogen-bond acceptors (Lipinski definition) is 2. The van der Waals surface area contributed by atoms with Crippen LogP contribution in [0.4, 0.5) is 5.69 Å². The zero-order valence-electron chi connectivity index (χ0n) is 10.4. The van der Waals surface area contributed by atoms with Crippen molar-refractivity contribution in [2.75, 3.05) is 5.32 Å². The maximum absolute atomic E-state index is 12.0. The highest BCUT2D eigenvalue weighted by Crippen LogP contribution is 2.40. The molecule has 1 aromatic rings. The number of carbonyl (C=O) groups is 2. The van der Waals surface area contributed by atoms with Crippen LogP contribution in [0.2, 0.25) is 5.02 Å². The highest BCUT2D eigenvalue weighted by molar-refractivity contribution is 6.30. The molecule has 2 N–H and O–H groups in total. The van der Waals surface area contributed by atoms with E-state index >= 15 is 0 Å². The third-order valence-electron chi connectivity index (χ3n) is 3.48. The van der Waals surface area contributed by atoms with E-state index in [9.17, 15) is 9.59 Å². The Hall–Kier alpha value is -1.55. The molecule has 100 valence electrons. The Morgan fingerprint density at radius 3 is 2.58 bits per heavy atom. The predicted octanol–water partition coefficient (Wildman–Crippen LogP) is 2.19. The Kier molecular flexibility index (Phi) is 3.19. The summed E-state index contributed by atoms with van der Waals surface area (Å²) in [6.07, 6.45) is 2.78. The molecule has 0 bridgehead atoms. The molecule has 3 rings (SSSR count). The lowest BCUT2D eigenvalue weighted by Gasteiger charge is -2.05. The van der Waals surface area contributed by atoms with E-state index in [1.165, 1.54) is 0 Å². The Bertz CT molecular complexity index is 528. The standard InChI is InChI=1S/C14H15ClN2O2/c15-8-2-1-3-10(6-8)17-14(19)12-7-11(12)13(18)16-9-4-5-9/h1-3,6,9,11-12H,4-5,7H2,(H,16,18)(H,17,19). The molecule has 0 heterocycles. The maximum Gasteiger partial charge on any atom is 0.228 e. The molecule has 0 spiro atoms. The van der Waals surface area contributed by atoms with Gasteiger partial charge in [-0.3, -0.25) is 9.59 Å². The first-order valence-electron chi connectivity index (χ1n) is 6.50. The van der Waals surface area contributed by atoms with Crippen molar-refractivity contribution in [1.82, 2.24) is 5.32 Å². The van der Waals surface area contributed by atoms with Gasteiger partial charge < -0.3 is 10.6 Å². The Labute approximate surface area is 116 Å². The van der Waals surface area contributed by atoms with Crippen molar-refractivity contribution in [3.8, 4) is 0 Å². The second kappa shape index (κ2) is 4.85. The zero-order valence-corrected chi connectivity index (χ0v) is 11.1.